The number of esters is 1. The number of carbonyl (C=O) groups is 1. The number of piperidine rings is 1. The minimum Gasteiger partial charge on any atom is -0.461 e. The molecule has 24 heavy (non-hydrogen) atoms. The molecular formula is C17H22N4O3. The van der Waals surface area contributed by atoms with E-state index in [1.807, 2.05) is 12.1 Å². The second-order valence-electron chi connectivity index (χ2n) is 5.99. The van der Waals surface area contributed by atoms with Crippen molar-refractivity contribution in [1.29, 1.82) is 0 Å². The van der Waals surface area contributed by atoms with Crippen molar-refractivity contribution in [1.82, 2.24) is 15.1 Å². The van der Waals surface area contributed by atoms with E-state index < -0.39 is 0 Å². The fourth-order valence-electron chi connectivity index (χ4n) is 3.04. The van der Waals surface area contributed by atoms with E-state index in [9.17, 15) is 4.79 Å². The lowest BCUT2D eigenvalue weighted by Crippen LogP contribution is -2.37. The molecule has 1 aliphatic heterocycles. The van der Waals surface area contributed by atoms with Gasteiger partial charge in [0.2, 0.25) is 5.89 Å². The van der Waals surface area contributed by atoms with E-state index in [0.29, 0.717) is 24.1 Å². The minimum absolute atomic E-state index is 0.348. The van der Waals surface area contributed by atoms with E-state index in [0.717, 1.165) is 44.0 Å². The van der Waals surface area contributed by atoms with Gasteiger partial charge in [-0.15, -0.1) is 0 Å². The number of hydrogen-bond acceptors (Lipinski definition) is 7. The highest BCUT2D eigenvalue weighted by Gasteiger charge is 2.23. The average Bonchev–Trinajstić information content (AvgIpc) is 3.00. The van der Waals surface area contributed by atoms with Crippen LogP contribution in [-0.2, 0) is 11.2 Å². The molecule has 0 N–H and O–H groups in total. The molecule has 7 nitrogen and oxygen atoms in total. The average molecular weight is 330 g/mol. The van der Waals surface area contributed by atoms with Gasteiger partial charge in [-0.3, -0.25) is 0 Å². The minimum atomic E-state index is -0.379. The third-order valence-corrected chi connectivity index (χ3v) is 4.10. The predicted molar refractivity (Wildman–Crippen MR) is 87.9 cm³/mol. The number of aromatic nitrogens is 3. The molecule has 0 bridgehead atoms. The Bertz CT molecular complexity index is 701. The van der Waals surface area contributed by atoms with Gasteiger partial charge in [-0.2, -0.15) is 4.98 Å². The molecule has 1 atom stereocenters. The molecule has 2 aromatic rings. The summed E-state index contributed by atoms with van der Waals surface area (Å²) in [6.07, 6.45) is 3.00. The summed E-state index contributed by atoms with van der Waals surface area (Å²) in [5.74, 6) is 2.24. The Morgan fingerprint density at radius 1 is 1.42 bits per heavy atom. The van der Waals surface area contributed by atoms with Crippen molar-refractivity contribution in [2.75, 3.05) is 24.6 Å². The van der Waals surface area contributed by atoms with E-state index in [4.69, 9.17) is 9.26 Å². The van der Waals surface area contributed by atoms with Gasteiger partial charge in [0.25, 0.3) is 0 Å². The van der Waals surface area contributed by atoms with Gasteiger partial charge >= 0.3 is 5.97 Å². The third-order valence-electron chi connectivity index (χ3n) is 4.10. The fourth-order valence-corrected chi connectivity index (χ4v) is 3.04. The molecule has 1 saturated heterocycles. The molecule has 0 amide bonds. The van der Waals surface area contributed by atoms with Crippen LogP contribution in [0.5, 0.6) is 0 Å². The first-order chi connectivity index (χ1) is 11.7. The Hall–Kier alpha value is -2.44. The molecule has 1 fully saturated rings. The van der Waals surface area contributed by atoms with Crippen molar-refractivity contribution in [2.45, 2.75) is 33.1 Å². The predicted octanol–water partition coefficient (Wildman–Crippen LogP) is 2.41. The molecule has 0 spiro atoms. The lowest BCUT2D eigenvalue weighted by Gasteiger charge is -2.33. The molecule has 128 valence electrons. The van der Waals surface area contributed by atoms with E-state index >= 15 is 0 Å². The number of rotatable bonds is 5. The zero-order valence-electron chi connectivity index (χ0n) is 14.1. The van der Waals surface area contributed by atoms with Gasteiger partial charge in [0.1, 0.15) is 5.82 Å². The Morgan fingerprint density at radius 2 is 2.29 bits per heavy atom. The maximum absolute atomic E-state index is 11.9. The van der Waals surface area contributed by atoms with Crippen molar-refractivity contribution < 1.29 is 14.1 Å². The van der Waals surface area contributed by atoms with Gasteiger partial charge in [0, 0.05) is 26.4 Å². The van der Waals surface area contributed by atoms with Crippen LogP contribution >= 0.6 is 0 Å². The first-order valence-electron chi connectivity index (χ1n) is 8.34. The fraction of sp³-hybridized carbons (Fsp3) is 0.529. The van der Waals surface area contributed by atoms with Gasteiger partial charge in [-0.05, 0) is 37.8 Å². The number of carbonyl (C=O) groups excluding carboxylic acids is 1. The topological polar surface area (TPSA) is 81.4 Å². The van der Waals surface area contributed by atoms with E-state index in [2.05, 4.69) is 20.0 Å². The molecular weight excluding hydrogens is 308 g/mol. The summed E-state index contributed by atoms with van der Waals surface area (Å²) >= 11 is 0. The van der Waals surface area contributed by atoms with Crippen molar-refractivity contribution in [2.24, 2.45) is 5.92 Å². The van der Waals surface area contributed by atoms with E-state index in [1.54, 1.807) is 19.9 Å². The van der Waals surface area contributed by atoms with Crippen LogP contribution in [0, 0.1) is 12.8 Å². The first-order valence-corrected chi connectivity index (χ1v) is 8.34. The Kier molecular flexibility index (Phi) is 5.08. The number of anilines is 1. The number of nitrogens with zero attached hydrogens (tertiary/aromatic N) is 4. The summed E-state index contributed by atoms with van der Waals surface area (Å²) in [5.41, 5.74) is 0.352. The Balaban J connectivity index is 1.68. The highest BCUT2D eigenvalue weighted by Crippen LogP contribution is 2.24. The SMILES string of the molecule is CCOC(=O)c1cccc(N2CCCC(Cc3noc(C)n3)C2)n1. The number of hydrogen-bond donors (Lipinski definition) is 0. The summed E-state index contributed by atoms with van der Waals surface area (Å²) < 4.78 is 10.1. The van der Waals surface area contributed by atoms with Crippen molar-refractivity contribution in [3.05, 3.63) is 35.6 Å². The summed E-state index contributed by atoms with van der Waals surface area (Å²) in [6.45, 7) is 5.74. The highest BCUT2D eigenvalue weighted by atomic mass is 16.5. The number of pyridine rings is 1. The van der Waals surface area contributed by atoms with Crippen LogP contribution in [0.1, 0.15) is 42.0 Å². The normalized spacial score (nSPS) is 17.8. The molecule has 3 heterocycles. The largest absolute Gasteiger partial charge is 0.461 e. The summed E-state index contributed by atoms with van der Waals surface area (Å²) in [5, 5.41) is 3.98. The van der Waals surface area contributed by atoms with Crippen molar-refractivity contribution in [3.8, 4) is 0 Å². The maximum atomic E-state index is 11.9. The summed E-state index contributed by atoms with van der Waals surface area (Å²) in [6, 6.07) is 5.47. The van der Waals surface area contributed by atoms with Crippen LogP contribution in [0.15, 0.2) is 22.7 Å². The first kappa shape index (κ1) is 16.4. The molecule has 3 rings (SSSR count). The lowest BCUT2D eigenvalue weighted by atomic mass is 9.94. The molecule has 7 heteroatoms. The molecule has 1 aliphatic rings. The standard InChI is InChI=1S/C17H22N4O3/c1-3-23-17(22)14-7-4-8-16(19-14)21-9-5-6-13(11-21)10-15-18-12(2)24-20-15/h4,7-8,13H,3,5-6,9-11H2,1-2H3. The highest BCUT2D eigenvalue weighted by molar-refractivity contribution is 5.87. The third kappa shape index (κ3) is 3.90. The molecule has 2 aromatic heterocycles. The monoisotopic (exact) mass is 330 g/mol. The lowest BCUT2D eigenvalue weighted by molar-refractivity contribution is 0.0519. The quantitative estimate of drug-likeness (QED) is 0.779. The summed E-state index contributed by atoms with van der Waals surface area (Å²) in [7, 11) is 0. The van der Waals surface area contributed by atoms with Crippen LogP contribution in [0.25, 0.3) is 0 Å². The molecule has 0 radical (unpaired) electrons. The second kappa shape index (κ2) is 7.42. The summed E-state index contributed by atoms with van der Waals surface area (Å²) in [4.78, 5) is 22.8. The van der Waals surface area contributed by atoms with Crippen molar-refractivity contribution >= 4 is 11.8 Å². The van der Waals surface area contributed by atoms with Gasteiger partial charge in [-0.25, -0.2) is 9.78 Å². The Labute approximate surface area is 141 Å². The second-order valence-corrected chi connectivity index (χ2v) is 5.99. The molecule has 0 aromatic carbocycles. The Morgan fingerprint density at radius 3 is 3.04 bits per heavy atom. The van der Waals surface area contributed by atoms with Crippen LogP contribution < -0.4 is 4.90 Å². The molecule has 0 aliphatic carbocycles. The zero-order chi connectivity index (χ0) is 16.9. The van der Waals surface area contributed by atoms with Crippen LogP contribution in [0.3, 0.4) is 0 Å². The van der Waals surface area contributed by atoms with Crippen molar-refractivity contribution in [3.63, 3.8) is 0 Å². The van der Waals surface area contributed by atoms with Gasteiger partial charge in [-0.1, -0.05) is 11.2 Å². The van der Waals surface area contributed by atoms with Gasteiger partial charge < -0.3 is 14.2 Å². The number of ether oxygens (including phenoxy) is 1. The van der Waals surface area contributed by atoms with E-state index in [-0.39, 0.29) is 5.97 Å². The van der Waals surface area contributed by atoms with Gasteiger partial charge in [0.05, 0.1) is 6.61 Å². The molecule has 1 unspecified atom stereocenters. The van der Waals surface area contributed by atoms with Crippen LogP contribution in [-0.4, -0.2) is 40.8 Å². The van der Waals surface area contributed by atoms with Crippen LogP contribution in [0.4, 0.5) is 5.82 Å². The van der Waals surface area contributed by atoms with E-state index in [1.165, 1.54) is 0 Å². The van der Waals surface area contributed by atoms with Crippen LogP contribution in [0.2, 0.25) is 0 Å². The maximum Gasteiger partial charge on any atom is 0.356 e. The number of aryl methyl sites for hydroxylation is 1. The zero-order valence-corrected chi connectivity index (χ0v) is 14.1. The van der Waals surface area contributed by atoms with Gasteiger partial charge in [0.15, 0.2) is 11.5 Å². The molecule has 0 saturated carbocycles. The smallest absolute Gasteiger partial charge is 0.356 e.